The molecule has 0 aliphatic heterocycles. The summed E-state index contributed by atoms with van der Waals surface area (Å²) in [5.74, 6) is -2.09. The smallest absolute Gasteiger partial charge is 0.408 e. The fourth-order valence-corrected chi connectivity index (χ4v) is 4.96. The van der Waals surface area contributed by atoms with Crippen LogP contribution in [0.5, 0.6) is 11.5 Å². The van der Waals surface area contributed by atoms with E-state index in [1.165, 1.54) is 6.92 Å². The molecule has 0 fully saturated rings. The molecular weight excluding hydrogens is 656 g/mol. The fraction of sp³-hybridized carbons (Fsp3) is 0.282. The SMILES string of the molecule is CC(=O)OCc1ccccc1.Cc1cc(O)cc(C)c1C[C@H](N)C(=O)O.Cc1cc(O)cc(C)c1C[C@H](NC(=O)OCc1ccccc1)C(=O)O. The third-order valence-corrected chi connectivity index (χ3v) is 7.60. The first-order valence-electron chi connectivity index (χ1n) is 16.0. The second-order valence-electron chi connectivity index (χ2n) is 11.8. The first-order chi connectivity index (χ1) is 24.1. The minimum Gasteiger partial charge on any atom is -0.508 e. The van der Waals surface area contributed by atoms with Crippen molar-refractivity contribution >= 4 is 24.0 Å². The predicted octanol–water partition coefficient (Wildman–Crippen LogP) is 5.64. The van der Waals surface area contributed by atoms with E-state index in [2.05, 4.69) is 5.32 Å². The molecule has 272 valence electrons. The lowest BCUT2D eigenvalue weighted by Crippen LogP contribution is -2.42. The Bertz CT molecular complexity index is 1710. The summed E-state index contributed by atoms with van der Waals surface area (Å²) in [5, 5.41) is 39.4. The molecule has 0 radical (unpaired) electrons. The highest BCUT2D eigenvalue weighted by atomic mass is 16.5. The Labute approximate surface area is 297 Å². The maximum atomic E-state index is 11.9. The monoisotopic (exact) mass is 702 g/mol. The first kappa shape index (κ1) is 41.3. The van der Waals surface area contributed by atoms with Crippen molar-refractivity contribution in [1.29, 1.82) is 0 Å². The number of carboxylic acids is 2. The summed E-state index contributed by atoms with van der Waals surface area (Å²) >= 11 is 0. The van der Waals surface area contributed by atoms with Crippen LogP contribution in [0.15, 0.2) is 84.9 Å². The third-order valence-electron chi connectivity index (χ3n) is 7.60. The molecule has 0 saturated carbocycles. The normalized spacial score (nSPS) is 11.3. The minimum atomic E-state index is -1.15. The Balaban J connectivity index is 0.000000293. The summed E-state index contributed by atoms with van der Waals surface area (Å²) in [6.07, 6.45) is -0.397. The van der Waals surface area contributed by atoms with E-state index >= 15 is 0 Å². The van der Waals surface area contributed by atoms with Crippen LogP contribution in [0.3, 0.4) is 0 Å². The lowest BCUT2D eigenvalue weighted by atomic mass is 9.96. The Morgan fingerprint density at radius 3 is 1.41 bits per heavy atom. The summed E-state index contributed by atoms with van der Waals surface area (Å²) in [6, 6.07) is 23.1. The number of ether oxygens (including phenoxy) is 2. The molecule has 51 heavy (non-hydrogen) atoms. The molecule has 0 saturated heterocycles. The number of esters is 1. The number of phenols is 2. The van der Waals surface area contributed by atoms with Gasteiger partial charge in [0.15, 0.2) is 0 Å². The first-order valence-corrected chi connectivity index (χ1v) is 16.0. The highest BCUT2D eigenvalue weighted by Gasteiger charge is 2.23. The number of carboxylic acid groups (broad SMARTS) is 2. The van der Waals surface area contributed by atoms with Crippen LogP contribution in [-0.2, 0) is 49.9 Å². The molecule has 0 bridgehead atoms. The molecule has 2 atom stereocenters. The van der Waals surface area contributed by atoms with Crippen molar-refractivity contribution in [2.75, 3.05) is 0 Å². The number of nitrogens with two attached hydrogens (primary N) is 1. The number of aryl methyl sites for hydroxylation is 4. The van der Waals surface area contributed by atoms with Crippen molar-refractivity contribution in [1.82, 2.24) is 5.32 Å². The van der Waals surface area contributed by atoms with E-state index in [9.17, 15) is 34.5 Å². The van der Waals surface area contributed by atoms with Gasteiger partial charge in [0.05, 0.1) is 0 Å². The van der Waals surface area contributed by atoms with Gasteiger partial charge in [0, 0.05) is 13.3 Å². The van der Waals surface area contributed by atoms with E-state index in [-0.39, 0.29) is 36.9 Å². The molecule has 4 aromatic rings. The van der Waals surface area contributed by atoms with Crippen LogP contribution in [-0.4, -0.2) is 56.5 Å². The highest BCUT2D eigenvalue weighted by molar-refractivity contribution is 5.80. The molecule has 12 heteroatoms. The topological polar surface area (TPSA) is 206 Å². The number of hydrogen-bond acceptors (Lipinski definition) is 9. The largest absolute Gasteiger partial charge is 0.508 e. The van der Waals surface area contributed by atoms with E-state index in [0.29, 0.717) is 6.61 Å². The van der Waals surface area contributed by atoms with Crippen molar-refractivity contribution in [3.63, 3.8) is 0 Å². The van der Waals surface area contributed by atoms with Gasteiger partial charge in [0.1, 0.15) is 36.8 Å². The Kier molecular flexibility index (Phi) is 16.7. The van der Waals surface area contributed by atoms with Crippen molar-refractivity contribution in [3.05, 3.63) is 129 Å². The number of hydrogen-bond donors (Lipinski definition) is 6. The van der Waals surface area contributed by atoms with Gasteiger partial charge in [-0.05, 0) is 103 Å². The summed E-state index contributed by atoms with van der Waals surface area (Å²) < 4.78 is 9.86. The van der Waals surface area contributed by atoms with Gasteiger partial charge >= 0.3 is 24.0 Å². The molecule has 0 aromatic heterocycles. The van der Waals surface area contributed by atoms with Crippen LogP contribution >= 0.6 is 0 Å². The van der Waals surface area contributed by atoms with Gasteiger partial charge in [-0.3, -0.25) is 9.59 Å². The van der Waals surface area contributed by atoms with Crippen LogP contribution in [0.25, 0.3) is 0 Å². The van der Waals surface area contributed by atoms with Crippen molar-refractivity contribution in [2.24, 2.45) is 5.73 Å². The van der Waals surface area contributed by atoms with E-state index in [0.717, 1.165) is 44.5 Å². The number of alkyl carbamates (subject to hydrolysis) is 1. The van der Waals surface area contributed by atoms with E-state index in [1.54, 1.807) is 38.1 Å². The average Bonchev–Trinajstić information content (AvgIpc) is 3.06. The zero-order valence-electron chi connectivity index (χ0n) is 29.4. The molecule has 7 N–H and O–H groups in total. The van der Waals surface area contributed by atoms with E-state index in [4.69, 9.17) is 20.3 Å². The van der Waals surface area contributed by atoms with Gasteiger partial charge in [0.2, 0.25) is 0 Å². The standard InChI is InChI=1S/C19H21NO5.C11H15NO3.C9H10O2/c1-12-8-15(21)9-13(2)16(12)10-17(18(22)23)20-19(24)25-11-14-6-4-3-5-7-14;1-6-3-8(13)4-7(2)9(6)5-10(12)11(14)15;1-8(10)11-7-9-5-3-2-4-6-9/h3-9,17,21H,10-11H2,1-2H3,(H,20,24)(H,22,23);3-4,10,13H,5,12H2,1-2H3,(H,14,15);2-6H,7H2,1H3/t17-;10-;/m00./s1. The van der Waals surface area contributed by atoms with Crippen molar-refractivity contribution in [2.45, 2.75) is 72.8 Å². The van der Waals surface area contributed by atoms with E-state index in [1.807, 2.05) is 74.5 Å². The molecule has 0 aliphatic rings. The zero-order valence-corrected chi connectivity index (χ0v) is 29.4. The van der Waals surface area contributed by atoms with E-state index < -0.39 is 30.1 Å². The Hall–Kier alpha value is -5.88. The maximum Gasteiger partial charge on any atom is 0.408 e. The molecule has 4 rings (SSSR count). The van der Waals surface area contributed by atoms with Gasteiger partial charge in [0.25, 0.3) is 0 Å². The lowest BCUT2D eigenvalue weighted by molar-refractivity contribution is -0.142. The second-order valence-corrected chi connectivity index (χ2v) is 11.8. The van der Waals surface area contributed by atoms with Crippen LogP contribution in [0.1, 0.15) is 51.4 Å². The predicted molar refractivity (Wildman–Crippen MR) is 191 cm³/mol. The molecular formula is C39H46N2O10. The molecule has 4 aromatic carbocycles. The molecule has 1 amide bonds. The molecule has 12 nitrogen and oxygen atoms in total. The fourth-order valence-electron chi connectivity index (χ4n) is 4.96. The number of benzene rings is 4. The third kappa shape index (κ3) is 15.0. The van der Waals surface area contributed by atoms with Gasteiger partial charge in [-0.2, -0.15) is 0 Å². The summed E-state index contributed by atoms with van der Waals surface area (Å²) in [4.78, 5) is 44.4. The van der Waals surface area contributed by atoms with Crippen LogP contribution < -0.4 is 11.1 Å². The summed E-state index contributed by atoms with van der Waals surface area (Å²) in [5.41, 5.74) is 12.2. The molecule has 0 spiro atoms. The average molecular weight is 703 g/mol. The number of rotatable bonds is 11. The molecule has 0 aliphatic carbocycles. The number of amides is 1. The van der Waals surface area contributed by atoms with Gasteiger partial charge in [-0.15, -0.1) is 0 Å². The van der Waals surface area contributed by atoms with Crippen LogP contribution in [0.4, 0.5) is 4.79 Å². The molecule has 0 heterocycles. The maximum absolute atomic E-state index is 11.9. The number of aromatic hydroxyl groups is 2. The Morgan fingerprint density at radius 2 is 1.04 bits per heavy atom. The number of carbonyl (C=O) groups is 4. The number of phenolic OH excluding ortho intramolecular Hbond substituents is 2. The lowest BCUT2D eigenvalue weighted by Gasteiger charge is -2.17. The quantitative estimate of drug-likeness (QED) is 0.105. The number of carbonyl (C=O) groups excluding carboxylic acids is 2. The zero-order chi connectivity index (χ0) is 38.1. The van der Waals surface area contributed by atoms with Gasteiger partial charge in [-0.1, -0.05) is 60.7 Å². The Morgan fingerprint density at radius 1 is 0.647 bits per heavy atom. The number of aliphatic carboxylic acids is 2. The van der Waals surface area contributed by atoms with Gasteiger partial charge in [-0.25, -0.2) is 9.59 Å². The minimum absolute atomic E-state index is 0.0658. The van der Waals surface area contributed by atoms with Crippen LogP contribution in [0.2, 0.25) is 0 Å². The second kappa shape index (κ2) is 20.6. The highest BCUT2D eigenvalue weighted by Crippen LogP contribution is 2.23. The molecule has 0 unspecified atom stereocenters. The van der Waals surface area contributed by atoms with Gasteiger partial charge < -0.3 is 41.0 Å². The summed E-state index contributed by atoms with van der Waals surface area (Å²) in [6.45, 7) is 9.08. The van der Waals surface area contributed by atoms with Crippen LogP contribution in [0, 0.1) is 27.7 Å². The summed E-state index contributed by atoms with van der Waals surface area (Å²) in [7, 11) is 0. The van der Waals surface area contributed by atoms with Crippen molar-refractivity contribution in [3.8, 4) is 11.5 Å². The number of nitrogens with one attached hydrogen (secondary N) is 1. The van der Waals surface area contributed by atoms with Crippen molar-refractivity contribution < 1.29 is 49.1 Å².